The lowest BCUT2D eigenvalue weighted by atomic mass is 9.78. The number of nitrogens with zero attached hydrogens (tertiary/aromatic N) is 2. The van der Waals surface area contributed by atoms with Gasteiger partial charge in [0.2, 0.25) is 0 Å². The standard InChI is InChI=1S/C12H18IN3/c1-8-4-3-5-11(9(8)2)16-12-10(13)6-14-7-15-12/h6-9,11H,3-5H2,1-2H3,(H,14,15,16). The molecule has 0 amide bonds. The van der Waals surface area contributed by atoms with Gasteiger partial charge in [-0.1, -0.05) is 26.7 Å². The van der Waals surface area contributed by atoms with E-state index in [1.165, 1.54) is 19.3 Å². The van der Waals surface area contributed by atoms with Crippen molar-refractivity contribution in [3.8, 4) is 0 Å². The molecule has 1 aromatic heterocycles. The third-order valence-corrected chi connectivity index (χ3v) is 4.49. The van der Waals surface area contributed by atoms with E-state index in [9.17, 15) is 0 Å². The molecule has 3 unspecified atom stereocenters. The van der Waals surface area contributed by atoms with E-state index in [2.05, 4.69) is 51.7 Å². The van der Waals surface area contributed by atoms with Crippen LogP contribution in [0, 0.1) is 15.4 Å². The largest absolute Gasteiger partial charge is 0.366 e. The highest BCUT2D eigenvalue weighted by Crippen LogP contribution is 2.31. The van der Waals surface area contributed by atoms with Gasteiger partial charge in [-0.05, 0) is 40.8 Å². The highest BCUT2D eigenvalue weighted by Gasteiger charge is 2.27. The molecule has 0 bridgehead atoms. The molecular formula is C12H18IN3. The van der Waals surface area contributed by atoms with Gasteiger partial charge in [-0.25, -0.2) is 9.97 Å². The lowest BCUT2D eigenvalue weighted by Gasteiger charge is -2.35. The first-order valence-electron chi connectivity index (χ1n) is 5.90. The van der Waals surface area contributed by atoms with Crippen LogP contribution in [0.4, 0.5) is 5.82 Å². The maximum atomic E-state index is 4.30. The Labute approximate surface area is 111 Å². The quantitative estimate of drug-likeness (QED) is 0.845. The smallest absolute Gasteiger partial charge is 0.143 e. The van der Waals surface area contributed by atoms with Crippen LogP contribution in [0.25, 0.3) is 0 Å². The molecule has 1 saturated carbocycles. The third-order valence-electron chi connectivity index (χ3n) is 3.70. The zero-order valence-electron chi connectivity index (χ0n) is 9.78. The summed E-state index contributed by atoms with van der Waals surface area (Å²) in [4.78, 5) is 8.32. The number of anilines is 1. The van der Waals surface area contributed by atoms with E-state index in [4.69, 9.17) is 0 Å². The van der Waals surface area contributed by atoms with Gasteiger partial charge >= 0.3 is 0 Å². The lowest BCUT2D eigenvalue weighted by Crippen LogP contribution is -2.35. The van der Waals surface area contributed by atoms with E-state index in [0.29, 0.717) is 6.04 Å². The van der Waals surface area contributed by atoms with Crippen molar-refractivity contribution in [1.29, 1.82) is 0 Å². The van der Waals surface area contributed by atoms with Gasteiger partial charge in [0, 0.05) is 12.2 Å². The fourth-order valence-electron chi connectivity index (χ4n) is 2.38. The summed E-state index contributed by atoms with van der Waals surface area (Å²) < 4.78 is 1.10. The van der Waals surface area contributed by atoms with E-state index >= 15 is 0 Å². The second-order valence-corrected chi connectivity index (χ2v) is 5.90. The molecular weight excluding hydrogens is 313 g/mol. The summed E-state index contributed by atoms with van der Waals surface area (Å²) in [6.07, 6.45) is 7.41. The fraction of sp³-hybridized carbons (Fsp3) is 0.667. The molecule has 1 fully saturated rings. The molecule has 1 heterocycles. The molecule has 1 N–H and O–H groups in total. The van der Waals surface area contributed by atoms with Gasteiger partial charge < -0.3 is 5.32 Å². The Bertz CT molecular complexity index is 356. The van der Waals surface area contributed by atoms with Gasteiger partial charge in [0.05, 0.1) is 3.57 Å². The molecule has 0 aromatic carbocycles. The van der Waals surface area contributed by atoms with Crippen molar-refractivity contribution in [1.82, 2.24) is 9.97 Å². The average Bonchev–Trinajstić information content (AvgIpc) is 2.28. The van der Waals surface area contributed by atoms with E-state index in [1.807, 2.05) is 6.20 Å². The minimum atomic E-state index is 0.562. The summed E-state index contributed by atoms with van der Waals surface area (Å²) in [5.74, 6) is 2.52. The number of nitrogens with one attached hydrogen (secondary N) is 1. The predicted octanol–water partition coefficient (Wildman–Crippen LogP) is 3.32. The van der Waals surface area contributed by atoms with Crippen LogP contribution >= 0.6 is 22.6 Å². The zero-order valence-corrected chi connectivity index (χ0v) is 11.9. The summed E-state index contributed by atoms with van der Waals surface area (Å²) in [5.41, 5.74) is 0. The normalized spacial score (nSPS) is 30.1. The summed E-state index contributed by atoms with van der Waals surface area (Å²) in [5, 5.41) is 3.57. The van der Waals surface area contributed by atoms with Gasteiger partial charge in [-0.15, -0.1) is 0 Å². The predicted molar refractivity (Wildman–Crippen MR) is 74.3 cm³/mol. The highest BCUT2D eigenvalue weighted by molar-refractivity contribution is 14.1. The number of halogens is 1. The number of hydrogen-bond acceptors (Lipinski definition) is 3. The van der Waals surface area contributed by atoms with Crippen LogP contribution in [0.5, 0.6) is 0 Å². The van der Waals surface area contributed by atoms with Gasteiger partial charge in [0.15, 0.2) is 0 Å². The summed E-state index contributed by atoms with van der Waals surface area (Å²) >= 11 is 2.28. The molecule has 16 heavy (non-hydrogen) atoms. The van der Waals surface area contributed by atoms with E-state index < -0.39 is 0 Å². The van der Waals surface area contributed by atoms with Crippen molar-refractivity contribution >= 4 is 28.4 Å². The van der Waals surface area contributed by atoms with E-state index in [1.54, 1.807) is 6.33 Å². The number of hydrogen-bond donors (Lipinski definition) is 1. The minimum Gasteiger partial charge on any atom is -0.366 e. The Morgan fingerprint density at radius 3 is 2.94 bits per heavy atom. The molecule has 4 heteroatoms. The number of rotatable bonds is 2. The van der Waals surface area contributed by atoms with Crippen molar-refractivity contribution in [3.05, 3.63) is 16.1 Å². The van der Waals surface area contributed by atoms with Crippen LogP contribution in [0.1, 0.15) is 33.1 Å². The van der Waals surface area contributed by atoms with Crippen LogP contribution in [0.15, 0.2) is 12.5 Å². The molecule has 1 aliphatic rings. The molecule has 0 radical (unpaired) electrons. The minimum absolute atomic E-state index is 0.562. The fourth-order valence-corrected chi connectivity index (χ4v) is 2.84. The van der Waals surface area contributed by atoms with E-state index in [-0.39, 0.29) is 0 Å². The first-order valence-corrected chi connectivity index (χ1v) is 6.98. The Kier molecular flexibility index (Phi) is 4.00. The molecule has 0 saturated heterocycles. The average molecular weight is 331 g/mol. The monoisotopic (exact) mass is 331 g/mol. The van der Waals surface area contributed by atoms with Crippen molar-refractivity contribution in [3.63, 3.8) is 0 Å². The topological polar surface area (TPSA) is 37.8 Å². The molecule has 3 atom stereocenters. The second kappa shape index (κ2) is 5.29. The second-order valence-electron chi connectivity index (χ2n) is 4.74. The summed E-state index contributed by atoms with van der Waals surface area (Å²) in [7, 11) is 0. The van der Waals surface area contributed by atoms with Gasteiger partial charge in [-0.2, -0.15) is 0 Å². The van der Waals surface area contributed by atoms with Crippen LogP contribution in [-0.2, 0) is 0 Å². The molecule has 1 aromatic rings. The first kappa shape index (κ1) is 12.1. The van der Waals surface area contributed by atoms with Crippen LogP contribution in [0.2, 0.25) is 0 Å². The Morgan fingerprint density at radius 1 is 1.38 bits per heavy atom. The van der Waals surface area contributed by atoms with Crippen LogP contribution in [-0.4, -0.2) is 16.0 Å². The first-order chi connectivity index (χ1) is 7.68. The van der Waals surface area contributed by atoms with Crippen LogP contribution < -0.4 is 5.32 Å². The molecule has 0 spiro atoms. The maximum Gasteiger partial charge on any atom is 0.143 e. The Hall–Kier alpha value is -0.390. The Balaban J connectivity index is 2.06. The van der Waals surface area contributed by atoms with Gasteiger partial charge in [0.1, 0.15) is 12.1 Å². The molecule has 88 valence electrons. The SMILES string of the molecule is CC1CCCC(Nc2ncncc2I)C1C. The van der Waals surface area contributed by atoms with E-state index in [0.717, 1.165) is 21.2 Å². The van der Waals surface area contributed by atoms with Crippen molar-refractivity contribution in [2.45, 2.75) is 39.2 Å². The number of aromatic nitrogens is 2. The third kappa shape index (κ3) is 2.64. The van der Waals surface area contributed by atoms with Crippen molar-refractivity contribution < 1.29 is 0 Å². The zero-order chi connectivity index (χ0) is 11.5. The maximum absolute atomic E-state index is 4.30. The summed E-state index contributed by atoms with van der Waals surface area (Å²) in [6.45, 7) is 4.69. The van der Waals surface area contributed by atoms with Gasteiger partial charge in [-0.3, -0.25) is 0 Å². The molecule has 3 nitrogen and oxygen atoms in total. The molecule has 1 aliphatic carbocycles. The van der Waals surface area contributed by atoms with Crippen LogP contribution in [0.3, 0.4) is 0 Å². The molecule has 0 aliphatic heterocycles. The van der Waals surface area contributed by atoms with Crippen molar-refractivity contribution in [2.24, 2.45) is 11.8 Å². The summed E-state index contributed by atoms with van der Waals surface area (Å²) in [6, 6.07) is 0.562. The Morgan fingerprint density at radius 2 is 2.19 bits per heavy atom. The van der Waals surface area contributed by atoms with Crippen molar-refractivity contribution in [2.75, 3.05) is 5.32 Å². The van der Waals surface area contributed by atoms with Gasteiger partial charge in [0.25, 0.3) is 0 Å². The highest BCUT2D eigenvalue weighted by atomic mass is 127. The lowest BCUT2D eigenvalue weighted by molar-refractivity contribution is 0.253. The molecule has 2 rings (SSSR count).